The molecule has 2 N–H and O–H groups in total. The molecule has 9 rings (SSSR count). The predicted molar refractivity (Wildman–Crippen MR) is 197 cm³/mol. The molecule has 50 heavy (non-hydrogen) atoms. The third-order valence-corrected chi connectivity index (χ3v) is 8.79. The Bertz CT molecular complexity index is 2240. The number of furan rings is 3. The van der Waals surface area contributed by atoms with Gasteiger partial charge < -0.3 is 23.2 Å². The van der Waals surface area contributed by atoms with Gasteiger partial charge in [-0.25, -0.2) is 0 Å². The molecule has 9 heteroatoms. The molecule has 0 aliphatic carbocycles. The first-order chi connectivity index (χ1) is 23.3. The number of hydrogen-bond acceptors (Lipinski definition) is 6. The monoisotopic (exact) mass is 917 g/mol. The van der Waals surface area contributed by atoms with E-state index in [0.717, 1.165) is 68.0 Å². The van der Waals surface area contributed by atoms with E-state index >= 15 is 0 Å². The zero-order chi connectivity index (χ0) is 33.4. The summed E-state index contributed by atoms with van der Waals surface area (Å²) in [5.74, 6) is 2.88. The number of nitrogens with zero attached hydrogens (tertiary/aromatic N) is 3. The van der Waals surface area contributed by atoms with E-state index in [9.17, 15) is 0 Å². The van der Waals surface area contributed by atoms with Crippen molar-refractivity contribution in [1.82, 2.24) is 20.2 Å². The van der Waals surface area contributed by atoms with Crippen molar-refractivity contribution in [1.29, 1.82) is 0 Å². The number of imidazole rings is 1. The van der Waals surface area contributed by atoms with Gasteiger partial charge in [0.15, 0.2) is 0 Å². The molecule has 0 radical (unpaired) electrons. The van der Waals surface area contributed by atoms with Gasteiger partial charge in [0, 0.05) is 28.3 Å². The molecule has 0 saturated carbocycles. The number of nitrogens with one attached hydrogen (secondary N) is 2. The van der Waals surface area contributed by atoms with Crippen LogP contribution in [-0.4, -0.2) is 26.4 Å². The summed E-state index contributed by atoms with van der Waals surface area (Å²) < 4.78 is 16.3. The average Bonchev–Trinajstić information content (AvgIpc) is 3.94. The Morgan fingerprint density at radius 2 is 1.20 bits per heavy atom. The first-order valence-corrected chi connectivity index (χ1v) is 15.8. The summed E-state index contributed by atoms with van der Waals surface area (Å²) in [5.41, 5.74) is 16.1. The molecule has 0 spiro atoms. The minimum Gasteiger partial charge on any atom is -0.469 e. The van der Waals surface area contributed by atoms with Gasteiger partial charge in [-0.3, -0.25) is 10.1 Å². The van der Waals surface area contributed by atoms with Gasteiger partial charge in [-0.05, 0) is 105 Å². The van der Waals surface area contributed by atoms with E-state index in [1.54, 1.807) is 12.5 Å². The van der Waals surface area contributed by atoms with Crippen LogP contribution in [-0.2, 0) is 6.54 Å². The van der Waals surface area contributed by atoms with E-state index in [-0.39, 0.29) is 7.43 Å². The molecule has 0 amide bonds. The van der Waals surface area contributed by atoms with Gasteiger partial charge in [0.2, 0.25) is 0 Å². The second kappa shape index (κ2) is 14.1. The molecule has 0 fully saturated rings. The van der Waals surface area contributed by atoms with Crippen LogP contribution in [0.4, 0.5) is 0 Å². The minimum atomic E-state index is 0. The third kappa shape index (κ3) is 6.47. The van der Waals surface area contributed by atoms with Crippen LogP contribution in [0, 0.1) is 47.9 Å². The number of aromatic amines is 2. The minimum absolute atomic E-state index is 0. The summed E-state index contributed by atoms with van der Waals surface area (Å²) in [6.07, 6.45) is 11.9. The van der Waals surface area contributed by atoms with Crippen LogP contribution in [0.3, 0.4) is 0 Å². The molecule has 8 nitrogen and oxygen atoms in total. The second-order valence-corrected chi connectivity index (χ2v) is 12.2. The van der Waals surface area contributed by atoms with Gasteiger partial charge in [-0.15, -0.1) is 6.07 Å². The van der Waals surface area contributed by atoms with Gasteiger partial charge in [0.25, 0.3) is 0 Å². The molecule has 250 valence electrons. The number of benzene rings is 3. The fraction of sp³-hybridized carbons (Fsp3) is 0.195. The van der Waals surface area contributed by atoms with Crippen LogP contribution in [0.2, 0.25) is 0 Å². The van der Waals surface area contributed by atoms with Crippen molar-refractivity contribution in [2.75, 3.05) is 0 Å². The summed E-state index contributed by atoms with van der Waals surface area (Å²) in [6.45, 7) is 13.0. The fourth-order valence-electron chi connectivity index (χ4n) is 6.40. The third-order valence-electron chi connectivity index (χ3n) is 8.79. The maximum atomic E-state index is 5.44. The van der Waals surface area contributed by atoms with Crippen molar-refractivity contribution in [2.24, 2.45) is 4.99 Å². The van der Waals surface area contributed by atoms with Gasteiger partial charge in [0.05, 0.1) is 37.0 Å². The smallest absolute Gasteiger partial charge is 0.108 e. The standard InChI is InChI=1S/C14H13NO.C13H12N2O.C13H11N2O.CH4.Rf/c1-9-8-16-10(2)14(9)11-3-4-12-6-15-7-13(12)5-11;1-8-7-16-9(2)13(8)10-3-4-11-6-14-15-12(11)5-10;1-8-6-16-9(2)13(8)10-3-4-11-12(5-10)15-7-14-11;;/h3-5,7-8H,6H2,1-2H3;3-7H,1-2H3,(H,14,15);3-6H,1-2H3,(H,14,15);1H4;/q;;-1;;. The van der Waals surface area contributed by atoms with Gasteiger partial charge in [-0.2, -0.15) is 5.10 Å². The van der Waals surface area contributed by atoms with Crippen molar-refractivity contribution < 1.29 is 13.3 Å². The second-order valence-electron chi connectivity index (χ2n) is 12.2. The van der Waals surface area contributed by atoms with Crippen molar-refractivity contribution in [3.05, 3.63) is 131 Å². The summed E-state index contributed by atoms with van der Waals surface area (Å²) in [7, 11) is 0. The topological polar surface area (TPSA) is 109 Å². The SMILES string of the molecule is C.Cc1coc(C)c1-c1ccc2c(c1)C=NC2.Cc1coc(C)c1-c1ccc2cn[nH]c2c1.Cc1coc(C)c1-c1ccc2n[c-][nH]c2c1.[Rf]. The van der Waals surface area contributed by atoms with Crippen LogP contribution in [0.1, 0.15) is 52.5 Å². The molecule has 1 aliphatic heterocycles. The van der Waals surface area contributed by atoms with Crippen LogP contribution in [0.25, 0.3) is 55.3 Å². The number of rotatable bonds is 3. The number of hydrogen-bond donors (Lipinski definition) is 2. The number of aryl methyl sites for hydroxylation is 6. The molecular weight excluding hydrogens is 877 g/mol. The van der Waals surface area contributed by atoms with E-state index < -0.39 is 0 Å². The van der Waals surface area contributed by atoms with Crippen LogP contribution in [0.15, 0.2) is 97.8 Å². The van der Waals surface area contributed by atoms with Gasteiger partial charge in [-0.1, -0.05) is 54.9 Å². The maximum Gasteiger partial charge on any atom is 0.108 e. The van der Waals surface area contributed by atoms with Gasteiger partial charge in [0.1, 0.15) is 17.3 Å². The zero-order valence-electron chi connectivity index (χ0n) is 28.6. The van der Waals surface area contributed by atoms with E-state index in [0.29, 0.717) is 0 Å². The zero-order valence-corrected chi connectivity index (χ0v) is 35.0. The Morgan fingerprint density at radius 3 is 1.78 bits per heavy atom. The molecule has 8 aromatic rings. The Labute approximate surface area is 285 Å². The molecule has 6 heterocycles. The molecule has 0 atom stereocenters. The van der Waals surface area contributed by atoms with E-state index in [1.807, 2.05) is 45.5 Å². The fourth-order valence-corrected chi connectivity index (χ4v) is 6.40. The largest absolute Gasteiger partial charge is 0.469 e. The number of aromatic nitrogens is 4. The van der Waals surface area contributed by atoms with E-state index in [4.69, 9.17) is 13.3 Å². The van der Waals surface area contributed by atoms with Crippen LogP contribution >= 0.6 is 0 Å². The van der Waals surface area contributed by atoms with Crippen molar-refractivity contribution >= 4 is 28.2 Å². The molecule has 0 saturated heterocycles. The molecule has 3 aromatic carbocycles. The molecule has 0 unspecified atom stereocenters. The van der Waals surface area contributed by atoms with E-state index in [2.05, 4.69) is 101 Å². The average molecular weight is 918 g/mol. The number of aliphatic imine (C=N–C) groups is 1. The Balaban J connectivity index is 0.000000143. The summed E-state index contributed by atoms with van der Waals surface area (Å²) in [5, 5.41) is 8.13. The summed E-state index contributed by atoms with van der Waals surface area (Å²) >= 11 is 0. The predicted octanol–water partition coefficient (Wildman–Crippen LogP) is 10.8. The summed E-state index contributed by atoms with van der Waals surface area (Å²) in [6, 6.07) is 18.9. The number of H-pyrrole nitrogens is 2. The van der Waals surface area contributed by atoms with Crippen LogP contribution in [0.5, 0.6) is 0 Å². The Morgan fingerprint density at radius 1 is 0.660 bits per heavy atom. The van der Waals surface area contributed by atoms with Crippen LogP contribution < -0.4 is 0 Å². The van der Waals surface area contributed by atoms with E-state index in [1.165, 1.54) is 38.9 Å². The van der Waals surface area contributed by atoms with Crippen molar-refractivity contribution in [3.8, 4) is 33.4 Å². The molecule has 5 aromatic heterocycles. The molecule has 0 bridgehead atoms. The first kappa shape index (κ1) is 34.4. The Kier molecular flexibility index (Phi) is 9.70. The van der Waals surface area contributed by atoms with Crippen molar-refractivity contribution in [3.63, 3.8) is 0 Å². The normalized spacial score (nSPS) is 11.3. The van der Waals surface area contributed by atoms with Gasteiger partial charge >= 0.3 is 0 Å². The molecule has 1 aliphatic rings. The maximum absolute atomic E-state index is 5.44. The Hall–Kier alpha value is -6.89. The number of fused-ring (bicyclic) bond motifs is 3. The summed E-state index contributed by atoms with van der Waals surface area (Å²) in [4.78, 5) is 11.3. The molecular formula is C41H40N5O3Rf-. The first-order valence-electron chi connectivity index (χ1n) is 15.8. The quantitative estimate of drug-likeness (QED) is 0.172. The van der Waals surface area contributed by atoms with Crippen molar-refractivity contribution in [2.45, 2.75) is 55.5 Å².